The molecule has 2 atom stereocenters. The van der Waals surface area contributed by atoms with Crippen molar-refractivity contribution < 1.29 is 4.79 Å². The molecule has 5 N–H and O–H groups in total. The van der Waals surface area contributed by atoms with Gasteiger partial charge in [-0.15, -0.1) is 12.4 Å². The average Bonchev–Trinajstić information content (AvgIpc) is 3.23. The smallest absolute Gasteiger partial charge is 0.248 e. The first-order chi connectivity index (χ1) is 10.1. The maximum atomic E-state index is 11.1. The highest BCUT2D eigenvalue weighted by Gasteiger charge is 2.34. The van der Waals surface area contributed by atoms with Crippen molar-refractivity contribution in [2.75, 3.05) is 5.32 Å². The maximum Gasteiger partial charge on any atom is 0.248 e. The third-order valence-corrected chi connectivity index (χ3v) is 3.74. The Kier molecular flexibility index (Phi) is 5.00. The number of anilines is 1. The predicted octanol–water partition coefficient (Wildman–Crippen LogP) is 2.03. The van der Waals surface area contributed by atoms with Crippen LogP contribution in [0.1, 0.15) is 33.8 Å². The van der Waals surface area contributed by atoms with Crippen LogP contribution in [0, 0.1) is 0 Å². The molecule has 0 radical (unpaired) electrons. The summed E-state index contributed by atoms with van der Waals surface area (Å²) in [5.74, 6) is 0.858. The Morgan fingerprint density at radius 2 is 2.09 bits per heavy atom. The molecule has 0 spiro atoms. The van der Waals surface area contributed by atoms with Gasteiger partial charge in [0.15, 0.2) is 0 Å². The topological polar surface area (TPSA) is 94.0 Å². The van der Waals surface area contributed by atoms with E-state index in [-0.39, 0.29) is 12.4 Å². The summed E-state index contributed by atoms with van der Waals surface area (Å²) in [4.78, 5) is 15.5. The molecule has 1 amide bonds. The lowest BCUT2D eigenvalue weighted by Gasteiger charge is -2.07. The quantitative estimate of drug-likeness (QED) is 0.786. The summed E-state index contributed by atoms with van der Waals surface area (Å²) >= 11 is 0. The highest BCUT2D eigenvalue weighted by Crippen LogP contribution is 2.38. The number of rotatable bonds is 5. The summed E-state index contributed by atoms with van der Waals surface area (Å²) in [5.41, 5.74) is 13.8. The van der Waals surface area contributed by atoms with Crippen molar-refractivity contribution in [2.24, 2.45) is 11.5 Å². The zero-order valence-electron chi connectivity index (χ0n) is 12.0. The summed E-state index contributed by atoms with van der Waals surface area (Å²) in [7, 11) is 0. The minimum atomic E-state index is -0.417. The van der Waals surface area contributed by atoms with Crippen LogP contribution in [0.2, 0.25) is 0 Å². The number of halogens is 1. The highest BCUT2D eigenvalue weighted by molar-refractivity contribution is 5.92. The number of pyridine rings is 1. The first kappa shape index (κ1) is 16.3. The molecule has 0 saturated heterocycles. The Hall–Kier alpha value is -2.11. The molecule has 6 heteroatoms. The van der Waals surface area contributed by atoms with E-state index in [1.54, 1.807) is 12.1 Å². The molecule has 116 valence electrons. The van der Waals surface area contributed by atoms with Crippen LogP contribution in [-0.2, 0) is 6.54 Å². The van der Waals surface area contributed by atoms with Crippen molar-refractivity contribution in [1.82, 2.24) is 4.98 Å². The number of carbonyl (C=O) groups is 1. The van der Waals surface area contributed by atoms with Gasteiger partial charge in [-0.05, 0) is 35.7 Å². The maximum absolute atomic E-state index is 11.1. The second kappa shape index (κ2) is 6.77. The van der Waals surface area contributed by atoms with E-state index in [4.69, 9.17) is 11.5 Å². The van der Waals surface area contributed by atoms with Crippen molar-refractivity contribution in [1.29, 1.82) is 0 Å². The lowest BCUT2D eigenvalue weighted by atomic mass is 10.1. The zero-order valence-corrected chi connectivity index (χ0v) is 12.8. The fraction of sp³-hybridized carbons (Fsp3) is 0.250. The molecule has 1 heterocycles. The Labute approximate surface area is 135 Å². The molecule has 1 saturated carbocycles. The van der Waals surface area contributed by atoms with Gasteiger partial charge in [-0.25, -0.2) is 4.98 Å². The number of benzene rings is 1. The summed E-state index contributed by atoms with van der Waals surface area (Å²) in [5, 5.41) is 3.23. The number of primary amides is 1. The number of amides is 1. The normalized spacial score (nSPS) is 19.1. The van der Waals surface area contributed by atoms with Gasteiger partial charge in [-0.1, -0.05) is 18.2 Å². The Bertz CT molecular complexity index is 659. The zero-order chi connectivity index (χ0) is 14.8. The van der Waals surface area contributed by atoms with Crippen molar-refractivity contribution >= 4 is 24.1 Å². The Morgan fingerprint density at radius 3 is 2.68 bits per heavy atom. The van der Waals surface area contributed by atoms with Gasteiger partial charge in [0, 0.05) is 30.3 Å². The van der Waals surface area contributed by atoms with Crippen LogP contribution in [0.25, 0.3) is 0 Å². The first-order valence-electron chi connectivity index (χ1n) is 6.97. The SMILES string of the molecule is Cl.NC(=O)c1cccc(CNc2ccc([C@@H]3C[C@H]3N)cn2)c1. The second-order valence-corrected chi connectivity index (χ2v) is 5.40. The standard InChI is InChI=1S/C16H18N4O.ClH/c17-14-7-13(14)12-4-5-15(20-9-12)19-8-10-2-1-3-11(6-10)16(18)21;/h1-6,9,13-14H,7-8,17H2,(H2,18,21)(H,19,20);1H/t13-,14+;/m0./s1. The van der Waals surface area contributed by atoms with Crippen LogP contribution in [0.4, 0.5) is 5.82 Å². The largest absolute Gasteiger partial charge is 0.366 e. The van der Waals surface area contributed by atoms with Crippen LogP contribution in [0.5, 0.6) is 0 Å². The fourth-order valence-corrected chi connectivity index (χ4v) is 2.35. The number of nitrogens with two attached hydrogens (primary N) is 2. The van der Waals surface area contributed by atoms with Crippen molar-refractivity contribution in [3.63, 3.8) is 0 Å². The Morgan fingerprint density at radius 1 is 1.32 bits per heavy atom. The van der Waals surface area contributed by atoms with Crippen LogP contribution in [0.15, 0.2) is 42.6 Å². The van der Waals surface area contributed by atoms with Gasteiger partial charge in [0.25, 0.3) is 0 Å². The molecule has 22 heavy (non-hydrogen) atoms. The molecule has 1 fully saturated rings. The number of nitrogens with one attached hydrogen (secondary N) is 1. The molecule has 1 aromatic carbocycles. The number of carbonyl (C=O) groups excluding carboxylic acids is 1. The lowest BCUT2D eigenvalue weighted by Crippen LogP contribution is -2.11. The first-order valence-corrected chi connectivity index (χ1v) is 6.97. The molecule has 1 aliphatic carbocycles. The molecule has 0 unspecified atom stereocenters. The third kappa shape index (κ3) is 3.75. The summed E-state index contributed by atoms with van der Waals surface area (Å²) in [6.07, 6.45) is 2.92. The van der Waals surface area contributed by atoms with Gasteiger partial charge in [0.1, 0.15) is 5.82 Å². The molecule has 2 aromatic rings. The van der Waals surface area contributed by atoms with E-state index in [1.807, 2.05) is 24.4 Å². The van der Waals surface area contributed by atoms with Crippen LogP contribution in [0.3, 0.4) is 0 Å². The number of hydrogen-bond acceptors (Lipinski definition) is 4. The van der Waals surface area contributed by atoms with Gasteiger partial charge in [0.2, 0.25) is 5.91 Å². The minimum absolute atomic E-state index is 0. The van der Waals surface area contributed by atoms with Gasteiger partial charge in [0.05, 0.1) is 0 Å². The van der Waals surface area contributed by atoms with Crippen molar-refractivity contribution in [3.05, 3.63) is 59.3 Å². The molecule has 3 rings (SSSR count). The van der Waals surface area contributed by atoms with Crippen LogP contribution < -0.4 is 16.8 Å². The molecular weight excluding hydrogens is 300 g/mol. The summed E-state index contributed by atoms with van der Waals surface area (Å²) in [6.45, 7) is 0.594. The van der Waals surface area contributed by atoms with E-state index < -0.39 is 5.91 Å². The molecule has 5 nitrogen and oxygen atoms in total. The van der Waals surface area contributed by atoms with E-state index in [0.717, 1.165) is 17.8 Å². The minimum Gasteiger partial charge on any atom is -0.366 e. The fourth-order valence-electron chi connectivity index (χ4n) is 2.35. The van der Waals surface area contributed by atoms with Gasteiger partial charge >= 0.3 is 0 Å². The molecular formula is C16H19ClN4O. The second-order valence-electron chi connectivity index (χ2n) is 5.40. The summed E-state index contributed by atoms with van der Waals surface area (Å²) < 4.78 is 0. The van der Waals surface area contributed by atoms with Crippen molar-refractivity contribution in [2.45, 2.75) is 24.9 Å². The van der Waals surface area contributed by atoms with E-state index >= 15 is 0 Å². The number of aromatic nitrogens is 1. The van der Waals surface area contributed by atoms with Gasteiger partial charge < -0.3 is 16.8 Å². The molecule has 0 bridgehead atoms. The van der Waals surface area contributed by atoms with E-state index in [0.29, 0.717) is 24.1 Å². The van der Waals surface area contributed by atoms with Crippen LogP contribution in [-0.4, -0.2) is 16.9 Å². The highest BCUT2D eigenvalue weighted by atomic mass is 35.5. The van der Waals surface area contributed by atoms with Gasteiger partial charge in [-0.3, -0.25) is 4.79 Å². The average molecular weight is 319 g/mol. The predicted molar refractivity (Wildman–Crippen MR) is 89.1 cm³/mol. The number of hydrogen-bond donors (Lipinski definition) is 3. The molecule has 1 aliphatic rings. The number of nitrogens with zero attached hydrogens (tertiary/aromatic N) is 1. The molecule has 1 aromatic heterocycles. The summed E-state index contributed by atoms with van der Waals surface area (Å²) in [6, 6.07) is 11.6. The van der Waals surface area contributed by atoms with Gasteiger partial charge in [-0.2, -0.15) is 0 Å². The van der Waals surface area contributed by atoms with E-state index in [1.165, 1.54) is 5.56 Å². The van der Waals surface area contributed by atoms with Crippen LogP contribution >= 0.6 is 12.4 Å². The third-order valence-electron chi connectivity index (χ3n) is 3.74. The monoisotopic (exact) mass is 318 g/mol. The molecule has 0 aliphatic heterocycles. The van der Waals surface area contributed by atoms with Crippen molar-refractivity contribution in [3.8, 4) is 0 Å². The lowest BCUT2D eigenvalue weighted by molar-refractivity contribution is 0.1000. The van der Waals surface area contributed by atoms with E-state index in [2.05, 4.69) is 16.4 Å². The van der Waals surface area contributed by atoms with E-state index in [9.17, 15) is 4.79 Å². The Balaban J connectivity index is 0.00000176.